The van der Waals surface area contributed by atoms with Gasteiger partial charge in [0.15, 0.2) is 0 Å². The quantitative estimate of drug-likeness (QED) is 0.837. The Morgan fingerprint density at radius 2 is 1.62 bits per heavy atom. The standard InChI is InChI=1S/C25H30N2O2/c28-24(17-19-11-12-21-8-2-3-9-22(21)15-19)26-18-20-7-6-10-23(16-20)25(29)27-13-4-1-5-14-27/h6-7,10-12,15-16H,1-5,8-9,13-14,17-18H2,(H,26,28). The number of nitrogens with one attached hydrogen (secondary N) is 1. The van der Waals surface area contributed by atoms with Crippen LogP contribution in [0.5, 0.6) is 0 Å². The third-order valence-corrected chi connectivity index (χ3v) is 6.08. The van der Waals surface area contributed by atoms with Crippen LogP contribution < -0.4 is 5.32 Å². The number of aryl methyl sites for hydroxylation is 2. The molecular weight excluding hydrogens is 360 g/mol. The van der Waals surface area contributed by atoms with Crippen molar-refractivity contribution in [3.63, 3.8) is 0 Å². The Kier molecular flexibility index (Phi) is 6.28. The Bertz CT molecular complexity index is 884. The van der Waals surface area contributed by atoms with E-state index in [1.165, 1.54) is 30.4 Å². The minimum atomic E-state index is 0.0218. The number of piperidine rings is 1. The van der Waals surface area contributed by atoms with Crippen LogP contribution in [0.25, 0.3) is 0 Å². The summed E-state index contributed by atoms with van der Waals surface area (Å²) in [6.45, 7) is 2.14. The summed E-state index contributed by atoms with van der Waals surface area (Å²) in [5.74, 6) is 0.125. The lowest BCUT2D eigenvalue weighted by Gasteiger charge is -2.26. The van der Waals surface area contributed by atoms with Crippen molar-refractivity contribution < 1.29 is 9.59 Å². The van der Waals surface area contributed by atoms with Crippen molar-refractivity contribution in [1.29, 1.82) is 0 Å². The first-order valence-corrected chi connectivity index (χ1v) is 10.9. The maximum Gasteiger partial charge on any atom is 0.253 e. The lowest BCUT2D eigenvalue weighted by molar-refractivity contribution is -0.120. The van der Waals surface area contributed by atoms with Crippen molar-refractivity contribution in [1.82, 2.24) is 10.2 Å². The molecule has 29 heavy (non-hydrogen) atoms. The Hall–Kier alpha value is -2.62. The number of carbonyl (C=O) groups is 2. The molecular formula is C25H30N2O2. The van der Waals surface area contributed by atoms with E-state index in [-0.39, 0.29) is 11.8 Å². The van der Waals surface area contributed by atoms with Crippen LogP contribution in [0.1, 0.15) is 64.7 Å². The summed E-state index contributed by atoms with van der Waals surface area (Å²) in [7, 11) is 0. The molecule has 2 aliphatic rings. The lowest BCUT2D eigenvalue weighted by atomic mass is 9.90. The number of fused-ring (bicyclic) bond motifs is 1. The largest absolute Gasteiger partial charge is 0.352 e. The van der Waals surface area contributed by atoms with Gasteiger partial charge in [0, 0.05) is 25.2 Å². The Morgan fingerprint density at radius 1 is 0.828 bits per heavy atom. The van der Waals surface area contributed by atoms with Crippen LogP contribution in [0.15, 0.2) is 42.5 Å². The molecule has 0 radical (unpaired) electrons. The highest BCUT2D eigenvalue weighted by molar-refractivity contribution is 5.94. The topological polar surface area (TPSA) is 49.4 Å². The van der Waals surface area contributed by atoms with Gasteiger partial charge in [0.1, 0.15) is 0 Å². The molecule has 1 aliphatic heterocycles. The molecule has 1 N–H and O–H groups in total. The second-order valence-corrected chi connectivity index (χ2v) is 8.32. The summed E-state index contributed by atoms with van der Waals surface area (Å²) >= 11 is 0. The Balaban J connectivity index is 1.33. The van der Waals surface area contributed by atoms with Crippen molar-refractivity contribution in [2.24, 2.45) is 0 Å². The van der Waals surface area contributed by atoms with Crippen LogP contribution in [0.4, 0.5) is 0 Å². The summed E-state index contributed by atoms with van der Waals surface area (Å²) in [6.07, 6.45) is 8.59. The first-order valence-electron chi connectivity index (χ1n) is 10.9. The highest BCUT2D eigenvalue weighted by Crippen LogP contribution is 2.22. The van der Waals surface area contributed by atoms with E-state index in [1.54, 1.807) is 0 Å². The zero-order valence-electron chi connectivity index (χ0n) is 17.1. The monoisotopic (exact) mass is 390 g/mol. The molecule has 1 aliphatic carbocycles. The van der Waals surface area contributed by atoms with Crippen LogP contribution in [-0.4, -0.2) is 29.8 Å². The molecule has 2 aromatic rings. The zero-order chi connectivity index (χ0) is 20.1. The van der Waals surface area contributed by atoms with E-state index in [0.29, 0.717) is 18.5 Å². The minimum absolute atomic E-state index is 0.0218. The molecule has 2 amide bonds. The number of hydrogen-bond acceptors (Lipinski definition) is 2. The van der Waals surface area contributed by atoms with Crippen LogP contribution >= 0.6 is 0 Å². The molecule has 1 fully saturated rings. The highest BCUT2D eigenvalue weighted by Gasteiger charge is 2.18. The summed E-state index contributed by atoms with van der Waals surface area (Å²) in [5, 5.41) is 3.01. The van der Waals surface area contributed by atoms with Crippen molar-refractivity contribution in [3.8, 4) is 0 Å². The first kappa shape index (κ1) is 19.7. The van der Waals surface area contributed by atoms with E-state index in [2.05, 4.69) is 23.5 Å². The molecule has 0 bridgehead atoms. The third-order valence-electron chi connectivity index (χ3n) is 6.08. The highest BCUT2D eigenvalue weighted by atomic mass is 16.2. The number of amides is 2. The van der Waals surface area contributed by atoms with Crippen LogP contribution in [0.3, 0.4) is 0 Å². The van der Waals surface area contributed by atoms with Gasteiger partial charge in [-0.3, -0.25) is 9.59 Å². The van der Waals surface area contributed by atoms with Gasteiger partial charge in [-0.25, -0.2) is 0 Å². The number of carbonyl (C=O) groups excluding carboxylic acids is 2. The van der Waals surface area contributed by atoms with Gasteiger partial charge >= 0.3 is 0 Å². The number of benzene rings is 2. The van der Waals surface area contributed by atoms with Gasteiger partial charge in [0.05, 0.1) is 6.42 Å². The van der Waals surface area contributed by atoms with E-state index in [4.69, 9.17) is 0 Å². The van der Waals surface area contributed by atoms with E-state index in [1.807, 2.05) is 29.2 Å². The normalized spacial score (nSPS) is 16.2. The average molecular weight is 391 g/mol. The van der Waals surface area contributed by atoms with Gasteiger partial charge in [-0.1, -0.05) is 30.3 Å². The van der Waals surface area contributed by atoms with Crippen molar-refractivity contribution in [2.75, 3.05) is 13.1 Å². The fourth-order valence-corrected chi connectivity index (χ4v) is 4.44. The number of likely N-dealkylation sites (tertiary alicyclic amines) is 1. The second-order valence-electron chi connectivity index (χ2n) is 8.32. The summed E-state index contributed by atoms with van der Waals surface area (Å²) in [4.78, 5) is 27.1. The molecule has 2 aromatic carbocycles. The fraction of sp³-hybridized carbons (Fsp3) is 0.440. The van der Waals surface area contributed by atoms with Gasteiger partial charge in [0.25, 0.3) is 5.91 Å². The van der Waals surface area contributed by atoms with Crippen LogP contribution in [0.2, 0.25) is 0 Å². The molecule has 4 rings (SSSR count). The van der Waals surface area contributed by atoms with Crippen molar-refractivity contribution in [2.45, 2.75) is 57.9 Å². The Labute approximate surface area is 173 Å². The van der Waals surface area contributed by atoms with Crippen molar-refractivity contribution in [3.05, 3.63) is 70.3 Å². The molecule has 0 spiro atoms. The minimum Gasteiger partial charge on any atom is -0.352 e. The van der Waals surface area contributed by atoms with Gasteiger partial charge in [-0.15, -0.1) is 0 Å². The summed E-state index contributed by atoms with van der Waals surface area (Å²) in [5.41, 5.74) is 5.61. The number of nitrogens with zero attached hydrogens (tertiary/aromatic N) is 1. The molecule has 0 aromatic heterocycles. The van der Waals surface area contributed by atoms with E-state index >= 15 is 0 Å². The van der Waals surface area contributed by atoms with E-state index in [0.717, 1.165) is 49.9 Å². The maximum absolute atomic E-state index is 12.7. The molecule has 1 saturated heterocycles. The molecule has 0 atom stereocenters. The second kappa shape index (κ2) is 9.25. The van der Waals surface area contributed by atoms with Gasteiger partial charge in [-0.2, -0.15) is 0 Å². The first-order chi connectivity index (χ1) is 14.2. The predicted molar refractivity (Wildman–Crippen MR) is 115 cm³/mol. The average Bonchev–Trinajstić information content (AvgIpc) is 2.78. The molecule has 4 heteroatoms. The maximum atomic E-state index is 12.7. The molecule has 0 unspecified atom stereocenters. The molecule has 1 heterocycles. The summed E-state index contributed by atoms with van der Waals surface area (Å²) in [6, 6.07) is 14.1. The summed E-state index contributed by atoms with van der Waals surface area (Å²) < 4.78 is 0. The smallest absolute Gasteiger partial charge is 0.253 e. The number of hydrogen-bond donors (Lipinski definition) is 1. The molecule has 152 valence electrons. The molecule has 0 saturated carbocycles. The van der Waals surface area contributed by atoms with Crippen LogP contribution in [0, 0.1) is 0 Å². The van der Waals surface area contributed by atoms with E-state index in [9.17, 15) is 9.59 Å². The SMILES string of the molecule is O=C(Cc1ccc2c(c1)CCCC2)NCc1cccc(C(=O)N2CCCCC2)c1. The predicted octanol–water partition coefficient (Wildman–Crippen LogP) is 4.05. The van der Waals surface area contributed by atoms with Crippen LogP contribution in [-0.2, 0) is 30.6 Å². The number of rotatable bonds is 5. The third kappa shape index (κ3) is 5.06. The van der Waals surface area contributed by atoms with Crippen molar-refractivity contribution >= 4 is 11.8 Å². The van der Waals surface area contributed by atoms with E-state index < -0.39 is 0 Å². The zero-order valence-corrected chi connectivity index (χ0v) is 17.1. The molecule has 4 nitrogen and oxygen atoms in total. The fourth-order valence-electron chi connectivity index (χ4n) is 4.44. The van der Waals surface area contributed by atoms with Gasteiger partial charge < -0.3 is 10.2 Å². The Morgan fingerprint density at radius 3 is 2.45 bits per heavy atom. The lowest BCUT2D eigenvalue weighted by Crippen LogP contribution is -2.35. The van der Waals surface area contributed by atoms with Gasteiger partial charge in [0.2, 0.25) is 5.91 Å². The van der Waals surface area contributed by atoms with Gasteiger partial charge in [-0.05, 0) is 79.3 Å².